The molecule has 34 heavy (non-hydrogen) atoms. The van der Waals surface area contributed by atoms with Gasteiger partial charge in [0.05, 0.1) is 23.7 Å². The number of ether oxygens (including phenoxy) is 1. The molecule has 0 amide bonds. The van der Waals surface area contributed by atoms with E-state index in [-0.39, 0.29) is 0 Å². The summed E-state index contributed by atoms with van der Waals surface area (Å²) in [5.41, 5.74) is 5.02. The maximum Gasteiger partial charge on any atom is 0.159 e. The van der Waals surface area contributed by atoms with Gasteiger partial charge in [0, 0.05) is 36.2 Å². The molecule has 0 atom stereocenters. The molecule has 2 aromatic carbocycles. The minimum atomic E-state index is 0.635. The van der Waals surface area contributed by atoms with Crippen molar-refractivity contribution in [2.45, 2.75) is 37.8 Å². The number of nitrogens with zero attached hydrogens (tertiary/aromatic N) is 4. The number of rotatable bonds is 5. The molecule has 2 aliphatic heterocycles. The molecular formula is C26H33N7O. The summed E-state index contributed by atoms with van der Waals surface area (Å²) in [7, 11) is 3.90. The van der Waals surface area contributed by atoms with Crippen LogP contribution in [0.1, 0.15) is 25.7 Å². The second-order valence-corrected chi connectivity index (χ2v) is 9.78. The highest BCUT2D eigenvalue weighted by Gasteiger charge is 2.24. The Labute approximate surface area is 199 Å². The van der Waals surface area contributed by atoms with E-state index >= 15 is 0 Å². The second-order valence-electron chi connectivity index (χ2n) is 9.78. The Hall–Kier alpha value is -3.10. The lowest BCUT2D eigenvalue weighted by Crippen LogP contribution is -2.49. The van der Waals surface area contributed by atoms with Gasteiger partial charge < -0.3 is 24.8 Å². The largest absolute Gasteiger partial charge is 0.497 e. The summed E-state index contributed by atoms with van der Waals surface area (Å²) in [6, 6.07) is 13.8. The van der Waals surface area contributed by atoms with E-state index in [1.165, 1.54) is 44.5 Å². The van der Waals surface area contributed by atoms with E-state index in [0.29, 0.717) is 12.1 Å². The summed E-state index contributed by atoms with van der Waals surface area (Å²) in [6.45, 7) is 4.58. The molecule has 2 aliphatic rings. The number of benzene rings is 2. The number of likely N-dealkylation sites (tertiary alicyclic amines) is 1. The molecule has 0 spiro atoms. The fraction of sp³-hybridized carbons (Fsp3) is 0.462. The topological polar surface area (TPSA) is 85.1 Å². The molecule has 8 nitrogen and oxygen atoms in total. The molecule has 3 N–H and O–H groups in total. The Morgan fingerprint density at radius 2 is 1.68 bits per heavy atom. The first-order valence-electron chi connectivity index (χ1n) is 12.4. The van der Waals surface area contributed by atoms with Crippen molar-refractivity contribution in [3.05, 3.63) is 36.4 Å². The smallest absolute Gasteiger partial charge is 0.159 e. The quantitative estimate of drug-likeness (QED) is 0.421. The van der Waals surface area contributed by atoms with Gasteiger partial charge in [0.2, 0.25) is 0 Å². The van der Waals surface area contributed by atoms with E-state index in [0.717, 1.165) is 52.3 Å². The Morgan fingerprint density at radius 1 is 0.941 bits per heavy atom. The number of hydrogen-bond donors (Lipinski definition) is 3. The van der Waals surface area contributed by atoms with Crippen LogP contribution in [0, 0.1) is 0 Å². The van der Waals surface area contributed by atoms with Crippen LogP contribution in [0.4, 0.5) is 5.69 Å². The van der Waals surface area contributed by atoms with E-state index in [2.05, 4.69) is 55.5 Å². The number of nitrogens with one attached hydrogen (secondary N) is 3. The zero-order valence-corrected chi connectivity index (χ0v) is 20.0. The monoisotopic (exact) mass is 459 g/mol. The summed E-state index contributed by atoms with van der Waals surface area (Å²) in [4.78, 5) is 13.3. The highest BCUT2D eigenvalue weighted by Crippen LogP contribution is 2.30. The average molecular weight is 460 g/mol. The fourth-order valence-corrected chi connectivity index (χ4v) is 5.42. The predicted octanol–water partition coefficient (Wildman–Crippen LogP) is 3.77. The van der Waals surface area contributed by atoms with Gasteiger partial charge in [0.15, 0.2) is 5.82 Å². The Balaban J connectivity index is 1.16. The van der Waals surface area contributed by atoms with Crippen LogP contribution in [-0.4, -0.2) is 77.5 Å². The van der Waals surface area contributed by atoms with Crippen LogP contribution in [0.2, 0.25) is 0 Å². The molecule has 0 radical (unpaired) electrons. The first-order valence-corrected chi connectivity index (χ1v) is 12.4. The van der Waals surface area contributed by atoms with Crippen molar-refractivity contribution in [2.24, 2.45) is 0 Å². The number of aromatic amines is 2. The maximum atomic E-state index is 5.39. The van der Waals surface area contributed by atoms with Crippen LogP contribution in [-0.2, 0) is 0 Å². The zero-order valence-electron chi connectivity index (χ0n) is 20.0. The number of methoxy groups -OCH3 is 1. The second kappa shape index (κ2) is 8.92. The third-order valence-corrected chi connectivity index (χ3v) is 7.51. The van der Waals surface area contributed by atoms with Crippen molar-refractivity contribution in [2.75, 3.05) is 45.2 Å². The van der Waals surface area contributed by atoms with Gasteiger partial charge in [0.1, 0.15) is 11.4 Å². The number of H-pyrrole nitrogens is 2. The first-order chi connectivity index (χ1) is 16.7. The third kappa shape index (κ3) is 4.12. The van der Waals surface area contributed by atoms with E-state index in [9.17, 15) is 0 Å². The van der Waals surface area contributed by atoms with Crippen molar-refractivity contribution in [3.63, 3.8) is 0 Å². The number of piperidine rings is 2. The third-order valence-electron chi connectivity index (χ3n) is 7.51. The minimum Gasteiger partial charge on any atom is -0.497 e. The first kappa shape index (κ1) is 21.4. The van der Waals surface area contributed by atoms with Crippen LogP contribution in [0.3, 0.4) is 0 Å². The van der Waals surface area contributed by atoms with Gasteiger partial charge in [-0.2, -0.15) is 5.10 Å². The minimum absolute atomic E-state index is 0.635. The zero-order chi connectivity index (χ0) is 23.1. The van der Waals surface area contributed by atoms with Crippen molar-refractivity contribution in [1.29, 1.82) is 0 Å². The van der Waals surface area contributed by atoms with Crippen LogP contribution in [0.5, 0.6) is 5.75 Å². The van der Waals surface area contributed by atoms with Gasteiger partial charge in [0.25, 0.3) is 0 Å². The summed E-state index contributed by atoms with van der Waals surface area (Å²) in [6.07, 6.45) is 4.93. The van der Waals surface area contributed by atoms with E-state index in [1.807, 2.05) is 18.2 Å². The fourth-order valence-electron chi connectivity index (χ4n) is 5.42. The summed E-state index contributed by atoms with van der Waals surface area (Å²) in [5.74, 6) is 1.58. The lowest BCUT2D eigenvalue weighted by molar-refractivity contribution is 0.217. The van der Waals surface area contributed by atoms with Crippen molar-refractivity contribution < 1.29 is 4.74 Å². The normalized spacial score (nSPS) is 18.8. The SMILES string of the molecule is COc1ccc2[nH]nc(-c3nc4cc(N5CCC(NC6CCN(C)CC6)CC5)ccc4[nH]3)c2c1. The highest BCUT2D eigenvalue weighted by molar-refractivity contribution is 5.94. The molecule has 0 aliphatic carbocycles. The van der Waals surface area contributed by atoms with Gasteiger partial charge >= 0.3 is 0 Å². The van der Waals surface area contributed by atoms with E-state index < -0.39 is 0 Å². The average Bonchev–Trinajstić information content (AvgIpc) is 3.48. The Bertz CT molecular complexity index is 1280. The molecule has 2 aromatic heterocycles. The van der Waals surface area contributed by atoms with E-state index in [4.69, 9.17) is 9.72 Å². The molecular weight excluding hydrogens is 426 g/mol. The molecule has 0 bridgehead atoms. The molecule has 4 heterocycles. The highest BCUT2D eigenvalue weighted by atomic mass is 16.5. The predicted molar refractivity (Wildman–Crippen MR) is 137 cm³/mol. The summed E-state index contributed by atoms with van der Waals surface area (Å²) < 4.78 is 5.39. The van der Waals surface area contributed by atoms with Crippen LogP contribution in [0.15, 0.2) is 36.4 Å². The lowest BCUT2D eigenvalue weighted by atomic mass is 9.99. The number of aromatic nitrogens is 4. The number of anilines is 1. The van der Waals surface area contributed by atoms with Crippen LogP contribution < -0.4 is 15.0 Å². The molecule has 2 fully saturated rings. The maximum absolute atomic E-state index is 5.39. The van der Waals surface area contributed by atoms with Crippen LogP contribution >= 0.6 is 0 Å². The number of hydrogen-bond acceptors (Lipinski definition) is 6. The summed E-state index contributed by atoms with van der Waals surface area (Å²) in [5, 5.41) is 12.5. The Kier molecular flexibility index (Phi) is 5.63. The van der Waals surface area contributed by atoms with Crippen molar-refractivity contribution in [3.8, 4) is 17.3 Å². The lowest BCUT2D eigenvalue weighted by Gasteiger charge is -2.37. The molecule has 4 aromatic rings. The van der Waals surface area contributed by atoms with Gasteiger partial charge in [-0.25, -0.2) is 4.98 Å². The van der Waals surface area contributed by atoms with E-state index in [1.54, 1.807) is 7.11 Å². The molecule has 2 saturated heterocycles. The van der Waals surface area contributed by atoms with Crippen molar-refractivity contribution in [1.82, 2.24) is 30.4 Å². The number of imidazole rings is 1. The standard InChI is InChI=1S/C26H33N7O/c1-32-11-7-17(8-12-32)27-18-9-13-33(14-10-18)19-3-5-23-24(15-19)29-26(28-23)25-21-16-20(34-2)4-6-22(21)30-31-25/h3-6,15-18,27H,7-14H2,1-2H3,(H,28,29)(H,30,31). The van der Waals surface area contributed by atoms with Gasteiger partial charge in [-0.1, -0.05) is 0 Å². The Morgan fingerprint density at radius 3 is 2.44 bits per heavy atom. The number of fused-ring (bicyclic) bond motifs is 2. The van der Waals surface area contributed by atoms with Crippen LogP contribution in [0.25, 0.3) is 33.5 Å². The molecule has 0 unspecified atom stereocenters. The van der Waals surface area contributed by atoms with Crippen molar-refractivity contribution >= 4 is 27.6 Å². The van der Waals surface area contributed by atoms with Gasteiger partial charge in [-0.3, -0.25) is 5.10 Å². The molecule has 178 valence electrons. The van der Waals surface area contributed by atoms with Gasteiger partial charge in [-0.15, -0.1) is 0 Å². The summed E-state index contributed by atoms with van der Waals surface area (Å²) >= 11 is 0. The van der Waals surface area contributed by atoms with Gasteiger partial charge in [-0.05, 0) is 82.2 Å². The molecule has 0 saturated carbocycles. The molecule has 6 rings (SSSR count). The molecule has 8 heteroatoms.